The van der Waals surface area contributed by atoms with Crippen LogP contribution in [0.25, 0.3) is 6.08 Å². The highest BCUT2D eigenvalue weighted by molar-refractivity contribution is 7.07. The van der Waals surface area contributed by atoms with Gasteiger partial charge in [0.1, 0.15) is 11.8 Å². The Balaban J connectivity index is 1.81. The van der Waals surface area contributed by atoms with Crippen molar-refractivity contribution < 1.29 is 28.7 Å². The summed E-state index contributed by atoms with van der Waals surface area (Å²) >= 11 is 7.42. The molecule has 0 fully saturated rings. The van der Waals surface area contributed by atoms with Crippen LogP contribution in [0.4, 0.5) is 5.69 Å². The van der Waals surface area contributed by atoms with E-state index in [1.165, 1.54) is 29.9 Å². The van der Waals surface area contributed by atoms with Crippen LogP contribution in [0.5, 0.6) is 17.2 Å². The average Bonchev–Trinajstić information content (AvgIpc) is 3.51. The van der Waals surface area contributed by atoms with E-state index in [1.807, 2.05) is 6.92 Å². The van der Waals surface area contributed by atoms with Crippen molar-refractivity contribution in [3.63, 3.8) is 0 Å². The Bertz CT molecular complexity index is 1740. The van der Waals surface area contributed by atoms with Gasteiger partial charge < -0.3 is 18.9 Å². The lowest BCUT2D eigenvalue weighted by Gasteiger charge is -2.27. The zero-order chi connectivity index (χ0) is 28.6. The topological polar surface area (TPSA) is 131 Å². The maximum absolute atomic E-state index is 14.0. The molecule has 0 spiro atoms. The van der Waals surface area contributed by atoms with E-state index in [0.29, 0.717) is 45.4 Å². The van der Waals surface area contributed by atoms with E-state index in [1.54, 1.807) is 25.1 Å². The second kappa shape index (κ2) is 11.1. The lowest BCUT2D eigenvalue weighted by Crippen LogP contribution is -2.40. The van der Waals surface area contributed by atoms with Gasteiger partial charge in [-0.2, -0.15) is 0 Å². The molecule has 3 aromatic rings. The van der Waals surface area contributed by atoms with E-state index in [-0.39, 0.29) is 40.5 Å². The van der Waals surface area contributed by atoms with Gasteiger partial charge in [-0.05, 0) is 43.7 Å². The number of nitrogens with zero attached hydrogens (tertiary/aromatic N) is 3. The Morgan fingerprint density at radius 1 is 1.27 bits per heavy atom. The highest BCUT2D eigenvalue weighted by atomic mass is 35.5. The van der Waals surface area contributed by atoms with E-state index in [2.05, 4.69) is 0 Å². The number of methoxy groups -OCH3 is 1. The minimum absolute atomic E-state index is 0.0591. The van der Waals surface area contributed by atoms with E-state index in [9.17, 15) is 19.7 Å². The predicted molar refractivity (Wildman–Crippen MR) is 147 cm³/mol. The minimum atomic E-state index is -0.959. The lowest BCUT2D eigenvalue weighted by atomic mass is 9.93. The van der Waals surface area contributed by atoms with Gasteiger partial charge in [0.25, 0.3) is 11.2 Å². The summed E-state index contributed by atoms with van der Waals surface area (Å²) in [5.74, 6) is 0.389. The number of rotatable bonds is 8. The summed E-state index contributed by atoms with van der Waals surface area (Å²) in [6, 6.07) is 6.71. The molecule has 0 aliphatic carbocycles. The number of hydrogen-bond acceptors (Lipinski definition) is 10. The number of aromatic nitrogens is 1. The molecular weight excluding hydrogens is 562 g/mol. The molecule has 0 amide bonds. The van der Waals surface area contributed by atoms with Crippen LogP contribution in [0.3, 0.4) is 0 Å². The average molecular weight is 586 g/mol. The van der Waals surface area contributed by atoms with Gasteiger partial charge in [0.15, 0.2) is 16.3 Å². The van der Waals surface area contributed by atoms with E-state index in [0.717, 1.165) is 11.3 Å². The number of nitro groups is 1. The highest BCUT2D eigenvalue weighted by Crippen LogP contribution is 2.39. The summed E-state index contributed by atoms with van der Waals surface area (Å²) < 4.78 is 23.2. The first-order valence-corrected chi connectivity index (χ1v) is 13.6. The monoisotopic (exact) mass is 585 g/mol. The van der Waals surface area contributed by atoms with Crippen LogP contribution in [0.15, 0.2) is 51.4 Å². The number of nitro benzene ring substituents is 1. The normalized spacial score (nSPS) is 16.0. The van der Waals surface area contributed by atoms with Gasteiger partial charge in [-0.1, -0.05) is 36.3 Å². The van der Waals surface area contributed by atoms with Crippen molar-refractivity contribution in [1.82, 2.24) is 4.57 Å². The molecule has 3 heterocycles. The van der Waals surface area contributed by atoms with E-state index < -0.39 is 22.5 Å². The molecule has 13 heteroatoms. The van der Waals surface area contributed by atoms with Crippen molar-refractivity contribution in [3.8, 4) is 17.2 Å². The van der Waals surface area contributed by atoms with Gasteiger partial charge in [-0.3, -0.25) is 19.5 Å². The van der Waals surface area contributed by atoms with Crippen LogP contribution in [-0.4, -0.2) is 36.0 Å². The SMILES string of the molecule is CCCC1=C(C(=O)OCC)[C@H](c2cc(Cl)ccc2OC)n2c(s/c(=C/c3cc4c(cc3[N+](=O)[O-])OCO4)c2=O)=N1. The number of ether oxygens (including phenoxy) is 4. The molecule has 1 aromatic heterocycles. The zero-order valence-electron chi connectivity index (χ0n) is 21.8. The number of allylic oxidation sites excluding steroid dienone is 1. The molecule has 0 saturated carbocycles. The van der Waals surface area contributed by atoms with Crippen molar-refractivity contribution in [2.75, 3.05) is 20.5 Å². The summed E-state index contributed by atoms with van der Waals surface area (Å²) in [6.45, 7) is 3.71. The molecule has 2 aliphatic heterocycles. The summed E-state index contributed by atoms with van der Waals surface area (Å²) in [5.41, 5.74) is 0.576. The molecule has 11 nitrogen and oxygen atoms in total. The standard InChI is InChI=1S/C27H24ClN3O8S/c1-4-6-17-23(26(33)37-5-2)24(16-11-15(28)7-8-19(16)36-3)30-25(32)22(40-27(30)29-17)10-14-9-20-21(39-13-38-20)12-18(14)31(34)35/h7-12,24H,4-6,13H2,1-3H3/b22-10+/t24-/m0/s1. The lowest BCUT2D eigenvalue weighted by molar-refractivity contribution is -0.385. The first-order chi connectivity index (χ1) is 19.3. The number of carbonyl (C=O) groups is 1. The Kier molecular flexibility index (Phi) is 7.63. The number of fused-ring (bicyclic) bond motifs is 2. The minimum Gasteiger partial charge on any atom is -0.496 e. The highest BCUT2D eigenvalue weighted by Gasteiger charge is 2.36. The Labute approximate surface area is 236 Å². The van der Waals surface area contributed by atoms with Crippen molar-refractivity contribution in [2.24, 2.45) is 4.99 Å². The van der Waals surface area contributed by atoms with Gasteiger partial charge in [0.2, 0.25) is 6.79 Å². The Hall–Kier alpha value is -4.16. The quantitative estimate of drug-likeness (QED) is 0.221. The number of thiazole rings is 1. The second-order valence-electron chi connectivity index (χ2n) is 8.82. The van der Waals surface area contributed by atoms with Gasteiger partial charge in [0.05, 0.1) is 46.1 Å². The van der Waals surface area contributed by atoms with Crippen LogP contribution in [0.2, 0.25) is 5.02 Å². The molecule has 40 heavy (non-hydrogen) atoms. The number of hydrogen-bond donors (Lipinski definition) is 0. The largest absolute Gasteiger partial charge is 0.496 e. The molecule has 0 radical (unpaired) electrons. The fourth-order valence-corrected chi connectivity index (χ4v) is 5.89. The third kappa shape index (κ3) is 4.84. The van der Waals surface area contributed by atoms with Crippen LogP contribution in [-0.2, 0) is 9.53 Å². The van der Waals surface area contributed by atoms with Gasteiger partial charge in [-0.15, -0.1) is 0 Å². The summed E-state index contributed by atoms with van der Waals surface area (Å²) in [6.07, 6.45) is 2.55. The Morgan fingerprint density at radius 3 is 2.70 bits per heavy atom. The summed E-state index contributed by atoms with van der Waals surface area (Å²) in [5, 5.41) is 12.2. The van der Waals surface area contributed by atoms with Crippen LogP contribution < -0.4 is 29.1 Å². The maximum Gasteiger partial charge on any atom is 0.338 e. The molecule has 0 N–H and O–H groups in total. The van der Waals surface area contributed by atoms with E-state index >= 15 is 0 Å². The van der Waals surface area contributed by atoms with Crippen molar-refractivity contribution >= 4 is 40.7 Å². The van der Waals surface area contributed by atoms with E-state index in [4.69, 9.17) is 35.5 Å². The number of esters is 1. The van der Waals surface area contributed by atoms with Crippen molar-refractivity contribution in [2.45, 2.75) is 32.7 Å². The van der Waals surface area contributed by atoms with Crippen LogP contribution in [0.1, 0.15) is 43.9 Å². The molecular formula is C27H24ClN3O8S. The third-order valence-corrected chi connectivity index (χ3v) is 7.60. The van der Waals surface area contributed by atoms with Gasteiger partial charge >= 0.3 is 5.97 Å². The van der Waals surface area contributed by atoms with Crippen LogP contribution in [0, 0.1) is 10.1 Å². The maximum atomic E-state index is 14.0. The van der Waals surface area contributed by atoms with Crippen molar-refractivity contribution in [1.29, 1.82) is 0 Å². The van der Waals surface area contributed by atoms with Crippen molar-refractivity contribution in [3.05, 3.63) is 87.6 Å². The number of benzene rings is 2. The smallest absolute Gasteiger partial charge is 0.338 e. The molecule has 0 unspecified atom stereocenters. The fourth-order valence-electron chi connectivity index (χ4n) is 4.70. The molecule has 0 bridgehead atoms. The Morgan fingerprint density at radius 2 is 2.02 bits per heavy atom. The van der Waals surface area contributed by atoms with Crippen LogP contribution >= 0.6 is 22.9 Å². The zero-order valence-corrected chi connectivity index (χ0v) is 23.3. The van der Waals surface area contributed by atoms with Gasteiger partial charge in [-0.25, -0.2) is 9.79 Å². The number of halogens is 1. The predicted octanol–water partition coefficient (Wildman–Crippen LogP) is 3.88. The first-order valence-electron chi connectivity index (χ1n) is 12.4. The summed E-state index contributed by atoms with van der Waals surface area (Å²) in [4.78, 5) is 43.7. The molecule has 5 rings (SSSR count). The summed E-state index contributed by atoms with van der Waals surface area (Å²) in [7, 11) is 1.48. The molecule has 2 aromatic carbocycles. The third-order valence-electron chi connectivity index (χ3n) is 6.38. The first kappa shape index (κ1) is 27.4. The molecule has 0 saturated heterocycles. The molecule has 208 valence electrons. The second-order valence-corrected chi connectivity index (χ2v) is 10.3. The van der Waals surface area contributed by atoms with Gasteiger partial charge in [0, 0.05) is 10.6 Å². The number of carbonyl (C=O) groups excluding carboxylic acids is 1. The molecule has 1 atom stereocenters. The molecule has 2 aliphatic rings. The fraction of sp³-hybridized carbons (Fsp3) is 0.296.